The highest BCUT2D eigenvalue weighted by molar-refractivity contribution is 5.85. The van der Waals surface area contributed by atoms with E-state index in [1.165, 1.54) is 31.4 Å². The Bertz CT molecular complexity index is 551. The second-order valence-corrected chi connectivity index (χ2v) is 7.58. The molecule has 2 N–H and O–H groups in total. The van der Waals surface area contributed by atoms with Gasteiger partial charge >= 0.3 is 0 Å². The van der Waals surface area contributed by atoms with Gasteiger partial charge in [0.25, 0.3) is 0 Å². The molecular weight excluding hydrogens is 339 g/mol. The fourth-order valence-electron chi connectivity index (χ4n) is 4.60. The van der Waals surface area contributed by atoms with E-state index in [4.69, 9.17) is 5.73 Å². The molecular formula is C20H30ClFN2O. The standard InChI is InChI=1S/C20H29FN2O.ClH/c1-2-10-23(13-14-6-8-18(21)9-7-14)20(24)17-11-15-4-3-5-16(12-17)19(15)22;/h6-9,15-17,19H,2-5,10-13,22H2,1H3;1H. The second-order valence-electron chi connectivity index (χ2n) is 7.58. The van der Waals surface area contributed by atoms with Crippen molar-refractivity contribution in [3.8, 4) is 0 Å². The van der Waals surface area contributed by atoms with Gasteiger partial charge in [-0.2, -0.15) is 0 Å². The minimum absolute atomic E-state index is 0. The summed E-state index contributed by atoms with van der Waals surface area (Å²) in [5.41, 5.74) is 7.35. The number of hydrogen-bond acceptors (Lipinski definition) is 2. The van der Waals surface area contributed by atoms with Crippen LogP contribution in [-0.4, -0.2) is 23.4 Å². The number of fused-ring (bicyclic) bond motifs is 2. The van der Waals surface area contributed by atoms with E-state index in [0.717, 1.165) is 31.4 Å². The number of rotatable bonds is 5. The molecule has 0 radical (unpaired) electrons. The molecule has 2 saturated carbocycles. The lowest BCUT2D eigenvalue weighted by molar-refractivity contribution is -0.139. The van der Waals surface area contributed by atoms with Gasteiger partial charge in [0.2, 0.25) is 5.91 Å². The van der Waals surface area contributed by atoms with Crippen LogP contribution in [0.4, 0.5) is 4.39 Å². The van der Waals surface area contributed by atoms with Crippen LogP contribution in [0.5, 0.6) is 0 Å². The fourth-order valence-corrected chi connectivity index (χ4v) is 4.60. The van der Waals surface area contributed by atoms with Crippen molar-refractivity contribution >= 4 is 18.3 Å². The first-order valence-corrected chi connectivity index (χ1v) is 9.37. The SMILES string of the molecule is CCCN(Cc1ccc(F)cc1)C(=O)C1CC2CCCC(C1)C2N.Cl. The summed E-state index contributed by atoms with van der Waals surface area (Å²) >= 11 is 0. The zero-order valence-electron chi connectivity index (χ0n) is 15.0. The first-order valence-electron chi connectivity index (χ1n) is 9.37. The monoisotopic (exact) mass is 368 g/mol. The van der Waals surface area contributed by atoms with E-state index in [-0.39, 0.29) is 30.0 Å². The zero-order valence-corrected chi connectivity index (χ0v) is 15.8. The van der Waals surface area contributed by atoms with Crippen LogP contribution in [0.2, 0.25) is 0 Å². The van der Waals surface area contributed by atoms with Gasteiger partial charge in [0.05, 0.1) is 0 Å². The van der Waals surface area contributed by atoms with Gasteiger partial charge in [-0.15, -0.1) is 12.4 Å². The summed E-state index contributed by atoms with van der Waals surface area (Å²) in [6, 6.07) is 6.77. The molecule has 0 aliphatic heterocycles. The minimum atomic E-state index is -0.235. The van der Waals surface area contributed by atoms with Crippen LogP contribution in [-0.2, 0) is 11.3 Å². The van der Waals surface area contributed by atoms with Crippen molar-refractivity contribution in [1.29, 1.82) is 0 Å². The van der Waals surface area contributed by atoms with Crippen molar-refractivity contribution < 1.29 is 9.18 Å². The number of nitrogens with two attached hydrogens (primary N) is 1. The Morgan fingerprint density at radius 1 is 1.20 bits per heavy atom. The third-order valence-corrected chi connectivity index (χ3v) is 5.85. The van der Waals surface area contributed by atoms with Crippen LogP contribution in [0.3, 0.4) is 0 Å². The second kappa shape index (κ2) is 9.00. The molecule has 5 heteroatoms. The molecule has 2 aliphatic carbocycles. The summed E-state index contributed by atoms with van der Waals surface area (Å²) in [5.74, 6) is 1.18. The molecule has 2 atom stereocenters. The number of hydrogen-bond donors (Lipinski definition) is 1. The maximum absolute atomic E-state index is 13.1. The maximum Gasteiger partial charge on any atom is 0.226 e. The number of benzene rings is 1. The molecule has 3 rings (SSSR count). The van der Waals surface area contributed by atoms with Crippen LogP contribution < -0.4 is 5.73 Å². The maximum atomic E-state index is 13.1. The number of nitrogens with zero attached hydrogens (tertiary/aromatic N) is 1. The van der Waals surface area contributed by atoms with Gasteiger partial charge in [0.15, 0.2) is 0 Å². The largest absolute Gasteiger partial charge is 0.338 e. The third-order valence-electron chi connectivity index (χ3n) is 5.85. The molecule has 0 aromatic heterocycles. The lowest BCUT2D eigenvalue weighted by Crippen LogP contribution is -2.49. The predicted molar refractivity (Wildman–Crippen MR) is 101 cm³/mol. The topological polar surface area (TPSA) is 46.3 Å². The molecule has 1 amide bonds. The molecule has 3 nitrogen and oxygen atoms in total. The van der Waals surface area contributed by atoms with E-state index in [1.807, 2.05) is 4.90 Å². The quantitative estimate of drug-likeness (QED) is 0.848. The third kappa shape index (κ3) is 4.73. The van der Waals surface area contributed by atoms with Crippen LogP contribution in [0, 0.1) is 23.6 Å². The molecule has 2 fully saturated rings. The van der Waals surface area contributed by atoms with E-state index < -0.39 is 0 Å². The fraction of sp³-hybridized carbons (Fsp3) is 0.650. The Balaban J connectivity index is 0.00000225. The number of carbonyl (C=O) groups excluding carboxylic acids is 1. The predicted octanol–water partition coefficient (Wildman–Crippen LogP) is 4.14. The summed E-state index contributed by atoms with van der Waals surface area (Å²) in [5, 5.41) is 0. The van der Waals surface area contributed by atoms with Crippen molar-refractivity contribution in [3.05, 3.63) is 35.6 Å². The molecule has 0 saturated heterocycles. The first kappa shape index (κ1) is 20.2. The van der Waals surface area contributed by atoms with E-state index >= 15 is 0 Å². The van der Waals surface area contributed by atoms with Crippen LogP contribution in [0.1, 0.15) is 51.0 Å². The van der Waals surface area contributed by atoms with Gasteiger partial charge in [0, 0.05) is 25.0 Å². The van der Waals surface area contributed by atoms with Crippen molar-refractivity contribution in [2.45, 2.75) is 58.0 Å². The highest BCUT2D eigenvalue weighted by Gasteiger charge is 2.41. The van der Waals surface area contributed by atoms with E-state index in [0.29, 0.717) is 24.4 Å². The van der Waals surface area contributed by atoms with Crippen molar-refractivity contribution in [2.24, 2.45) is 23.5 Å². The first-order chi connectivity index (χ1) is 11.6. The average Bonchev–Trinajstić information content (AvgIpc) is 2.55. The smallest absolute Gasteiger partial charge is 0.226 e. The Morgan fingerprint density at radius 3 is 2.36 bits per heavy atom. The van der Waals surface area contributed by atoms with Crippen LogP contribution >= 0.6 is 12.4 Å². The molecule has 1 aromatic carbocycles. The molecule has 0 spiro atoms. The van der Waals surface area contributed by atoms with E-state index in [2.05, 4.69) is 6.92 Å². The summed E-state index contributed by atoms with van der Waals surface area (Å²) in [6.07, 6.45) is 6.44. The zero-order chi connectivity index (χ0) is 17.1. The molecule has 1 aromatic rings. The normalized spacial score (nSPS) is 28.1. The lowest BCUT2D eigenvalue weighted by atomic mass is 9.65. The summed E-state index contributed by atoms with van der Waals surface area (Å²) < 4.78 is 13.1. The molecule has 0 heterocycles. The number of amides is 1. The average molecular weight is 369 g/mol. The molecule has 25 heavy (non-hydrogen) atoms. The minimum Gasteiger partial charge on any atom is -0.338 e. The van der Waals surface area contributed by atoms with Gasteiger partial charge in [-0.05, 0) is 61.6 Å². The van der Waals surface area contributed by atoms with Gasteiger partial charge in [-0.3, -0.25) is 4.79 Å². The lowest BCUT2D eigenvalue weighted by Gasteiger charge is -2.44. The van der Waals surface area contributed by atoms with Crippen molar-refractivity contribution in [3.63, 3.8) is 0 Å². The van der Waals surface area contributed by atoms with Gasteiger partial charge in [-0.1, -0.05) is 25.5 Å². The van der Waals surface area contributed by atoms with Gasteiger partial charge < -0.3 is 10.6 Å². The summed E-state index contributed by atoms with van der Waals surface area (Å²) in [6.45, 7) is 3.43. The summed E-state index contributed by atoms with van der Waals surface area (Å²) in [7, 11) is 0. The highest BCUT2D eigenvalue weighted by Crippen LogP contribution is 2.42. The highest BCUT2D eigenvalue weighted by atomic mass is 35.5. The Morgan fingerprint density at radius 2 is 1.80 bits per heavy atom. The Kier molecular flexibility index (Phi) is 7.26. The van der Waals surface area contributed by atoms with Crippen LogP contribution in [0.25, 0.3) is 0 Å². The molecule has 140 valence electrons. The summed E-state index contributed by atoms with van der Waals surface area (Å²) in [4.78, 5) is 15.1. The van der Waals surface area contributed by atoms with Crippen molar-refractivity contribution in [2.75, 3.05) is 6.54 Å². The number of carbonyl (C=O) groups is 1. The van der Waals surface area contributed by atoms with Crippen molar-refractivity contribution in [1.82, 2.24) is 4.90 Å². The van der Waals surface area contributed by atoms with Crippen LogP contribution in [0.15, 0.2) is 24.3 Å². The Labute approximate surface area is 156 Å². The number of halogens is 2. The molecule has 2 aliphatic rings. The molecule has 2 bridgehead atoms. The van der Waals surface area contributed by atoms with E-state index in [9.17, 15) is 9.18 Å². The van der Waals surface area contributed by atoms with Gasteiger partial charge in [0.1, 0.15) is 5.82 Å². The molecule has 2 unspecified atom stereocenters. The Hall–Kier alpha value is -1.13. The van der Waals surface area contributed by atoms with E-state index in [1.54, 1.807) is 12.1 Å². The van der Waals surface area contributed by atoms with Gasteiger partial charge in [-0.25, -0.2) is 4.39 Å².